The van der Waals surface area contributed by atoms with Crippen molar-refractivity contribution >= 4 is 5.91 Å². The molecular weight excluding hydrogens is 214 g/mol. The van der Waals surface area contributed by atoms with E-state index in [4.69, 9.17) is 5.26 Å². The fraction of sp³-hybridized carbons (Fsp3) is 0.462. The Morgan fingerprint density at radius 3 is 2.82 bits per heavy atom. The summed E-state index contributed by atoms with van der Waals surface area (Å²) in [4.78, 5) is 15.5. The molecule has 1 rings (SSSR count). The van der Waals surface area contributed by atoms with Crippen LogP contribution in [0.1, 0.15) is 31.7 Å². The molecule has 1 amide bonds. The van der Waals surface area contributed by atoms with Crippen LogP contribution in [0, 0.1) is 11.3 Å². The molecule has 4 heteroatoms. The maximum Gasteiger partial charge on any atom is 0.220 e. The third kappa shape index (κ3) is 5.12. The molecule has 0 aromatic carbocycles. The topological polar surface area (TPSA) is 65.8 Å². The molecule has 0 saturated carbocycles. The van der Waals surface area contributed by atoms with E-state index in [9.17, 15) is 4.79 Å². The lowest BCUT2D eigenvalue weighted by atomic mass is 10.1. The minimum absolute atomic E-state index is 0.00362. The highest BCUT2D eigenvalue weighted by molar-refractivity contribution is 5.76. The molecule has 1 aromatic heterocycles. The zero-order valence-corrected chi connectivity index (χ0v) is 10.0. The van der Waals surface area contributed by atoms with Gasteiger partial charge in [-0.05, 0) is 30.5 Å². The highest BCUT2D eigenvalue weighted by Crippen LogP contribution is 2.02. The van der Waals surface area contributed by atoms with Crippen molar-refractivity contribution in [1.82, 2.24) is 10.3 Å². The Labute approximate surface area is 102 Å². The van der Waals surface area contributed by atoms with Crippen molar-refractivity contribution in [3.8, 4) is 6.07 Å². The van der Waals surface area contributed by atoms with Gasteiger partial charge >= 0.3 is 0 Å². The lowest BCUT2D eigenvalue weighted by Crippen LogP contribution is -2.34. The van der Waals surface area contributed by atoms with Gasteiger partial charge < -0.3 is 5.32 Å². The molecule has 0 aliphatic carbocycles. The molecule has 17 heavy (non-hydrogen) atoms. The van der Waals surface area contributed by atoms with Crippen LogP contribution in [0.4, 0.5) is 0 Å². The summed E-state index contributed by atoms with van der Waals surface area (Å²) < 4.78 is 0. The van der Waals surface area contributed by atoms with Crippen LogP contribution < -0.4 is 5.32 Å². The summed E-state index contributed by atoms with van der Waals surface area (Å²) in [5.74, 6) is 0.00362. The van der Waals surface area contributed by atoms with Gasteiger partial charge in [-0.2, -0.15) is 5.26 Å². The van der Waals surface area contributed by atoms with Gasteiger partial charge in [0.1, 0.15) is 0 Å². The summed E-state index contributed by atoms with van der Waals surface area (Å²) in [7, 11) is 0. The maximum absolute atomic E-state index is 11.6. The van der Waals surface area contributed by atoms with E-state index in [2.05, 4.69) is 16.4 Å². The van der Waals surface area contributed by atoms with Gasteiger partial charge in [-0.3, -0.25) is 9.78 Å². The molecule has 1 heterocycles. The zero-order chi connectivity index (χ0) is 12.5. The summed E-state index contributed by atoms with van der Waals surface area (Å²) in [5.41, 5.74) is 1.10. The van der Waals surface area contributed by atoms with Crippen LogP contribution in [-0.4, -0.2) is 16.9 Å². The van der Waals surface area contributed by atoms with Crippen LogP contribution >= 0.6 is 0 Å². The number of nitrogens with zero attached hydrogens (tertiary/aromatic N) is 2. The molecule has 1 aromatic rings. The Morgan fingerprint density at radius 2 is 2.24 bits per heavy atom. The van der Waals surface area contributed by atoms with Gasteiger partial charge in [0.25, 0.3) is 0 Å². The monoisotopic (exact) mass is 231 g/mol. The second-order valence-electron chi connectivity index (χ2n) is 3.89. The third-order valence-electron chi connectivity index (χ3n) is 2.59. The van der Waals surface area contributed by atoms with E-state index >= 15 is 0 Å². The number of nitriles is 1. The Hall–Kier alpha value is -1.89. The Balaban J connectivity index is 2.33. The van der Waals surface area contributed by atoms with Crippen LogP contribution in [0.25, 0.3) is 0 Å². The fourth-order valence-corrected chi connectivity index (χ4v) is 1.51. The highest BCUT2D eigenvalue weighted by Gasteiger charge is 2.09. The number of aromatic nitrogens is 1. The van der Waals surface area contributed by atoms with Gasteiger partial charge in [-0.1, -0.05) is 6.92 Å². The first-order valence-electron chi connectivity index (χ1n) is 5.81. The Morgan fingerprint density at radius 1 is 1.53 bits per heavy atom. The van der Waals surface area contributed by atoms with E-state index in [0.717, 1.165) is 12.0 Å². The number of hydrogen-bond acceptors (Lipinski definition) is 3. The van der Waals surface area contributed by atoms with Crippen LogP contribution in [0.2, 0.25) is 0 Å². The molecule has 0 unspecified atom stereocenters. The van der Waals surface area contributed by atoms with E-state index in [1.165, 1.54) is 0 Å². The molecule has 90 valence electrons. The van der Waals surface area contributed by atoms with Crippen LogP contribution in [-0.2, 0) is 11.2 Å². The molecule has 0 aliphatic rings. The number of carbonyl (C=O) groups excluding carboxylic acids is 1. The molecule has 0 spiro atoms. The van der Waals surface area contributed by atoms with Crippen molar-refractivity contribution in [3.05, 3.63) is 30.1 Å². The number of aryl methyl sites for hydroxylation is 1. The number of hydrogen-bond donors (Lipinski definition) is 1. The first-order chi connectivity index (χ1) is 8.26. The van der Waals surface area contributed by atoms with Crippen LogP contribution in [0.3, 0.4) is 0 Å². The van der Waals surface area contributed by atoms with E-state index < -0.39 is 0 Å². The summed E-state index contributed by atoms with van der Waals surface area (Å²) in [6.07, 6.45) is 5.75. The second kappa shape index (κ2) is 7.39. The minimum Gasteiger partial charge on any atom is -0.352 e. The predicted molar refractivity (Wildman–Crippen MR) is 65.0 cm³/mol. The van der Waals surface area contributed by atoms with Crippen molar-refractivity contribution in [2.75, 3.05) is 0 Å². The van der Waals surface area contributed by atoms with Gasteiger partial charge in [0.05, 0.1) is 12.5 Å². The Bertz CT molecular complexity index is 383. The van der Waals surface area contributed by atoms with Gasteiger partial charge in [-0.15, -0.1) is 0 Å². The number of pyridine rings is 1. The number of rotatable bonds is 6. The first kappa shape index (κ1) is 13.2. The van der Waals surface area contributed by atoms with Crippen molar-refractivity contribution in [2.45, 2.75) is 38.6 Å². The zero-order valence-electron chi connectivity index (χ0n) is 10.0. The quantitative estimate of drug-likeness (QED) is 0.812. The van der Waals surface area contributed by atoms with Crippen molar-refractivity contribution in [3.63, 3.8) is 0 Å². The Kier molecular flexibility index (Phi) is 5.73. The largest absolute Gasteiger partial charge is 0.352 e. The number of amides is 1. The van der Waals surface area contributed by atoms with Crippen molar-refractivity contribution in [2.24, 2.45) is 0 Å². The van der Waals surface area contributed by atoms with E-state index in [1.807, 2.05) is 19.1 Å². The normalized spacial score (nSPS) is 11.5. The molecule has 4 nitrogen and oxygen atoms in total. The molecule has 0 bridgehead atoms. The molecular formula is C13H17N3O. The molecule has 0 fully saturated rings. The van der Waals surface area contributed by atoms with Gasteiger partial charge in [-0.25, -0.2) is 0 Å². The standard InChI is InChI=1S/C13H17N3O/c1-2-12(5-8-14)16-13(17)4-3-11-6-9-15-10-7-11/h6-7,9-10,12H,2-5H2,1H3,(H,16,17)/t12-/m0/s1. The number of nitrogens with one attached hydrogen (secondary N) is 1. The average Bonchev–Trinajstić information content (AvgIpc) is 2.37. The van der Waals surface area contributed by atoms with Gasteiger partial charge in [0.15, 0.2) is 0 Å². The smallest absolute Gasteiger partial charge is 0.220 e. The first-order valence-corrected chi connectivity index (χ1v) is 5.81. The second-order valence-corrected chi connectivity index (χ2v) is 3.89. The molecule has 1 atom stereocenters. The van der Waals surface area contributed by atoms with E-state index in [-0.39, 0.29) is 11.9 Å². The molecule has 0 saturated heterocycles. The highest BCUT2D eigenvalue weighted by atomic mass is 16.1. The third-order valence-corrected chi connectivity index (χ3v) is 2.59. The number of carbonyl (C=O) groups is 1. The van der Waals surface area contributed by atoms with E-state index in [1.54, 1.807) is 12.4 Å². The lowest BCUT2D eigenvalue weighted by molar-refractivity contribution is -0.121. The molecule has 0 aliphatic heterocycles. The lowest BCUT2D eigenvalue weighted by Gasteiger charge is -2.13. The minimum atomic E-state index is -0.0232. The summed E-state index contributed by atoms with van der Waals surface area (Å²) >= 11 is 0. The van der Waals surface area contributed by atoms with Crippen LogP contribution in [0.5, 0.6) is 0 Å². The van der Waals surface area contributed by atoms with E-state index in [0.29, 0.717) is 19.3 Å². The summed E-state index contributed by atoms with van der Waals surface area (Å²) in [5, 5.41) is 11.4. The molecule has 1 N–H and O–H groups in total. The van der Waals surface area contributed by atoms with Crippen molar-refractivity contribution < 1.29 is 4.79 Å². The maximum atomic E-state index is 11.6. The summed E-state index contributed by atoms with van der Waals surface area (Å²) in [6.45, 7) is 1.96. The van der Waals surface area contributed by atoms with Gasteiger partial charge in [0, 0.05) is 24.9 Å². The van der Waals surface area contributed by atoms with Crippen molar-refractivity contribution in [1.29, 1.82) is 5.26 Å². The fourth-order valence-electron chi connectivity index (χ4n) is 1.51. The van der Waals surface area contributed by atoms with Gasteiger partial charge in [0.2, 0.25) is 5.91 Å². The molecule has 0 radical (unpaired) electrons. The van der Waals surface area contributed by atoms with Crippen LogP contribution in [0.15, 0.2) is 24.5 Å². The predicted octanol–water partition coefficient (Wildman–Crippen LogP) is 1.82. The average molecular weight is 231 g/mol. The summed E-state index contributed by atoms with van der Waals surface area (Å²) in [6, 6.07) is 5.86. The SMILES string of the molecule is CC[C@@H](CC#N)NC(=O)CCc1ccncc1.